The van der Waals surface area contributed by atoms with Gasteiger partial charge in [0.1, 0.15) is 0 Å². The van der Waals surface area contributed by atoms with Gasteiger partial charge in [0.15, 0.2) is 0 Å². The van der Waals surface area contributed by atoms with E-state index in [1.165, 1.54) is 29.8 Å². The molecule has 5 nitrogen and oxygen atoms in total. The van der Waals surface area contributed by atoms with Gasteiger partial charge in [-0.2, -0.15) is 5.10 Å². The van der Waals surface area contributed by atoms with Crippen LogP contribution in [0.15, 0.2) is 29.8 Å². The highest BCUT2D eigenvalue weighted by Gasteiger charge is 2.33. The van der Waals surface area contributed by atoms with E-state index in [4.69, 9.17) is 0 Å². The fourth-order valence-electron chi connectivity index (χ4n) is 3.66. The van der Waals surface area contributed by atoms with Crippen molar-refractivity contribution in [3.63, 3.8) is 0 Å². The van der Waals surface area contributed by atoms with Crippen LogP contribution in [0.3, 0.4) is 0 Å². The number of aromatic nitrogens is 2. The molecule has 1 saturated carbocycles. The summed E-state index contributed by atoms with van der Waals surface area (Å²) in [6.45, 7) is 2.63. The molecule has 0 saturated heterocycles. The normalized spacial score (nSPS) is 21.2. The summed E-state index contributed by atoms with van der Waals surface area (Å²) in [4.78, 5) is 16.2. The van der Waals surface area contributed by atoms with Crippen LogP contribution >= 0.6 is 11.3 Å². The summed E-state index contributed by atoms with van der Waals surface area (Å²) in [5, 5.41) is 9.61. The van der Waals surface area contributed by atoms with Crippen LogP contribution in [0.2, 0.25) is 0 Å². The van der Waals surface area contributed by atoms with E-state index in [1.807, 2.05) is 6.20 Å². The second-order valence-corrected chi connectivity index (χ2v) is 7.85. The van der Waals surface area contributed by atoms with E-state index in [0.29, 0.717) is 19.0 Å². The fourth-order valence-corrected chi connectivity index (χ4v) is 4.37. The highest BCUT2D eigenvalue weighted by atomic mass is 32.1. The Bertz CT molecular complexity index is 677. The summed E-state index contributed by atoms with van der Waals surface area (Å²) < 4.78 is 2.06. The number of carbonyl (C=O) groups is 1. The lowest BCUT2D eigenvalue weighted by molar-refractivity contribution is -0.122. The molecule has 2 aromatic rings. The number of nitrogens with zero attached hydrogens (tertiary/aromatic N) is 3. The molecule has 0 spiro atoms. The predicted octanol–water partition coefficient (Wildman–Crippen LogP) is 2.60. The number of rotatable bonds is 6. The van der Waals surface area contributed by atoms with Gasteiger partial charge in [0, 0.05) is 36.8 Å². The SMILES string of the molecule is O=C(C[C@@H]1CN(C2CCC2)Cc2ccnn21)NCCc1cccs1. The largest absolute Gasteiger partial charge is 0.356 e. The number of carbonyl (C=O) groups excluding carboxylic acids is 1. The van der Waals surface area contributed by atoms with Gasteiger partial charge >= 0.3 is 0 Å². The average Bonchev–Trinajstić information content (AvgIpc) is 3.16. The molecular formula is C18H24N4OS. The molecule has 2 aliphatic rings. The minimum atomic E-state index is 0.133. The maximum atomic E-state index is 12.4. The molecule has 1 fully saturated rings. The first-order chi connectivity index (χ1) is 11.8. The lowest BCUT2D eigenvalue weighted by atomic mass is 9.90. The zero-order valence-electron chi connectivity index (χ0n) is 13.9. The number of amides is 1. The van der Waals surface area contributed by atoms with Gasteiger partial charge in [-0.15, -0.1) is 11.3 Å². The van der Waals surface area contributed by atoms with Crippen molar-refractivity contribution in [3.05, 3.63) is 40.3 Å². The predicted molar refractivity (Wildman–Crippen MR) is 95.0 cm³/mol. The zero-order chi connectivity index (χ0) is 16.4. The van der Waals surface area contributed by atoms with Crippen LogP contribution < -0.4 is 5.32 Å². The molecule has 2 aromatic heterocycles. The number of hydrogen-bond acceptors (Lipinski definition) is 4. The second-order valence-electron chi connectivity index (χ2n) is 6.82. The Balaban J connectivity index is 1.33. The van der Waals surface area contributed by atoms with Crippen LogP contribution in [-0.2, 0) is 17.8 Å². The molecule has 1 atom stereocenters. The van der Waals surface area contributed by atoms with Crippen LogP contribution in [0.4, 0.5) is 0 Å². The van der Waals surface area contributed by atoms with E-state index < -0.39 is 0 Å². The molecule has 4 rings (SSSR count). The van der Waals surface area contributed by atoms with Gasteiger partial charge in [0.2, 0.25) is 5.91 Å². The van der Waals surface area contributed by atoms with Crippen molar-refractivity contribution in [2.45, 2.75) is 50.7 Å². The van der Waals surface area contributed by atoms with Crippen molar-refractivity contribution in [1.82, 2.24) is 20.0 Å². The third-order valence-corrected chi connectivity index (χ3v) is 6.13. The van der Waals surface area contributed by atoms with Crippen LogP contribution in [-0.4, -0.2) is 39.7 Å². The Morgan fingerprint density at radius 2 is 2.29 bits per heavy atom. The van der Waals surface area contributed by atoms with E-state index in [0.717, 1.165) is 19.5 Å². The summed E-state index contributed by atoms with van der Waals surface area (Å²) in [6.07, 6.45) is 7.23. The molecule has 0 unspecified atom stereocenters. The second kappa shape index (κ2) is 7.07. The highest BCUT2D eigenvalue weighted by molar-refractivity contribution is 7.09. The van der Waals surface area contributed by atoms with E-state index in [-0.39, 0.29) is 11.9 Å². The summed E-state index contributed by atoms with van der Waals surface area (Å²) >= 11 is 1.74. The maximum Gasteiger partial charge on any atom is 0.222 e. The lowest BCUT2D eigenvalue weighted by Gasteiger charge is -2.42. The third kappa shape index (κ3) is 3.39. The quantitative estimate of drug-likeness (QED) is 0.876. The zero-order valence-corrected chi connectivity index (χ0v) is 14.7. The Morgan fingerprint density at radius 1 is 1.38 bits per heavy atom. The molecule has 0 radical (unpaired) electrons. The smallest absolute Gasteiger partial charge is 0.222 e. The third-order valence-electron chi connectivity index (χ3n) is 5.19. The minimum absolute atomic E-state index is 0.133. The van der Waals surface area contributed by atoms with Gasteiger partial charge in [-0.05, 0) is 36.8 Å². The monoisotopic (exact) mass is 344 g/mol. The molecular weight excluding hydrogens is 320 g/mol. The Labute approximate surface area is 146 Å². The molecule has 6 heteroatoms. The summed E-state index contributed by atoms with van der Waals surface area (Å²) in [6, 6.07) is 7.12. The van der Waals surface area contributed by atoms with Crippen molar-refractivity contribution in [2.75, 3.05) is 13.1 Å². The van der Waals surface area contributed by atoms with Crippen LogP contribution in [0.25, 0.3) is 0 Å². The Kier molecular flexibility index (Phi) is 4.67. The van der Waals surface area contributed by atoms with E-state index in [1.54, 1.807) is 11.3 Å². The first kappa shape index (κ1) is 15.8. The van der Waals surface area contributed by atoms with Crippen molar-refractivity contribution >= 4 is 17.2 Å². The topological polar surface area (TPSA) is 50.2 Å². The first-order valence-corrected chi connectivity index (χ1v) is 9.73. The van der Waals surface area contributed by atoms with Crippen molar-refractivity contribution in [2.24, 2.45) is 0 Å². The van der Waals surface area contributed by atoms with Crippen molar-refractivity contribution < 1.29 is 4.79 Å². The van der Waals surface area contributed by atoms with Gasteiger partial charge in [-0.25, -0.2) is 0 Å². The van der Waals surface area contributed by atoms with E-state index in [2.05, 4.69) is 43.6 Å². The Morgan fingerprint density at radius 3 is 3.04 bits per heavy atom. The summed E-state index contributed by atoms with van der Waals surface area (Å²) in [5.74, 6) is 0.133. The molecule has 1 amide bonds. The highest BCUT2D eigenvalue weighted by Crippen LogP contribution is 2.31. The standard InChI is InChI=1S/C18H24N4OS/c23-18(19-8-7-17-5-2-10-24-17)11-16-13-21(14-3-1-4-14)12-15-6-9-20-22(15)16/h2,5-6,9-10,14,16H,1,3-4,7-8,11-13H2,(H,19,23)/t16-/m1/s1. The van der Waals surface area contributed by atoms with E-state index in [9.17, 15) is 4.79 Å². The van der Waals surface area contributed by atoms with Crippen LogP contribution in [0.1, 0.15) is 42.3 Å². The Hall–Kier alpha value is -1.66. The molecule has 3 heterocycles. The number of nitrogens with one attached hydrogen (secondary N) is 1. The van der Waals surface area contributed by atoms with E-state index >= 15 is 0 Å². The number of thiophene rings is 1. The van der Waals surface area contributed by atoms with Crippen molar-refractivity contribution in [1.29, 1.82) is 0 Å². The molecule has 0 bridgehead atoms. The molecule has 0 aromatic carbocycles. The number of hydrogen-bond donors (Lipinski definition) is 1. The number of fused-ring (bicyclic) bond motifs is 1. The summed E-state index contributed by atoms with van der Waals surface area (Å²) in [5.41, 5.74) is 1.24. The fraction of sp³-hybridized carbons (Fsp3) is 0.556. The minimum Gasteiger partial charge on any atom is -0.356 e. The van der Waals surface area contributed by atoms with Gasteiger partial charge in [-0.3, -0.25) is 14.4 Å². The first-order valence-electron chi connectivity index (χ1n) is 8.85. The maximum absolute atomic E-state index is 12.4. The molecule has 1 aliphatic heterocycles. The van der Waals surface area contributed by atoms with Crippen molar-refractivity contribution in [3.8, 4) is 0 Å². The van der Waals surface area contributed by atoms with Gasteiger partial charge in [0.25, 0.3) is 0 Å². The molecule has 24 heavy (non-hydrogen) atoms. The van der Waals surface area contributed by atoms with Gasteiger partial charge in [-0.1, -0.05) is 12.5 Å². The molecule has 1 N–H and O–H groups in total. The van der Waals surface area contributed by atoms with Gasteiger partial charge < -0.3 is 5.32 Å². The average molecular weight is 344 g/mol. The van der Waals surface area contributed by atoms with Crippen LogP contribution in [0.5, 0.6) is 0 Å². The lowest BCUT2D eigenvalue weighted by Crippen LogP contribution is -2.47. The summed E-state index contributed by atoms with van der Waals surface area (Å²) in [7, 11) is 0. The van der Waals surface area contributed by atoms with Gasteiger partial charge in [0.05, 0.1) is 18.2 Å². The molecule has 128 valence electrons. The van der Waals surface area contributed by atoms with Crippen LogP contribution in [0, 0.1) is 0 Å². The molecule has 1 aliphatic carbocycles.